The van der Waals surface area contributed by atoms with Gasteiger partial charge >= 0.3 is 0 Å². The van der Waals surface area contributed by atoms with Crippen LogP contribution in [0.2, 0.25) is 0 Å². The van der Waals surface area contributed by atoms with E-state index in [1.54, 1.807) is 14.2 Å². The van der Waals surface area contributed by atoms with E-state index in [-0.39, 0.29) is 23.5 Å². The van der Waals surface area contributed by atoms with Crippen molar-refractivity contribution >= 4 is 5.91 Å². The van der Waals surface area contributed by atoms with Crippen LogP contribution in [0.3, 0.4) is 0 Å². The molecule has 0 aromatic rings. The van der Waals surface area contributed by atoms with Crippen LogP contribution in [0.1, 0.15) is 19.3 Å². The second-order valence-electron chi connectivity index (χ2n) is 4.96. The van der Waals surface area contributed by atoms with Crippen molar-refractivity contribution in [2.45, 2.75) is 31.4 Å². The molecule has 2 rings (SSSR count). The number of amides is 1. The molecule has 0 aromatic carbocycles. The summed E-state index contributed by atoms with van der Waals surface area (Å²) in [5, 5.41) is 3.04. The van der Waals surface area contributed by atoms with Crippen LogP contribution < -0.4 is 5.32 Å². The Morgan fingerprint density at radius 1 is 1.41 bits per heavy atom. The number of carbonyl (C=O) groups is 1. The second-order valence-corrected chi connectivity index (χ2v) is 4.96. The van der Waals surface area contributed by atoms with Crippen LogP contribution in [0.4, 0.5) is 0 Å². The summed E-state index contributed by atoms with van der Waals surface area (Å²) in [5.74, 6) is 0.0863. The fourth-order valence-electron chi connectivity index (χ4n) is 2.54. The molecular formula is C12H21NO4. The Balaban J connectivity index is 1.91. The Morgan fingerprint density at radius 3 is 2.71 bits per heavy atom. The number of hydrogen-bond donors (Lipinski definition) is 1. The zero-order chi connectivity index (χ0) is 12.3. The van der Waals surface area contributed by atoms with Crippen LogP contribution in [0.25, 0.3) is 0 Å². The van der Waals surface area contributed by atoms with Crippen molar-refractivity contribution in [1.29, 1.82) is 0 Å². The molecule has 98 valence electrons. The summed E-state index contributed by atoms with van der Waals surface area (Å²) in [6.45, 7) is 1.59. The van der Waals surface area contributed by atoms with E-state index < -0.39 is 0 Å². The van der Waals surface area contributed by atoms with Crippen LogP contribution in [-0.2, 0) is 19.0 Å². The Morgan fingerprint density at radius 2 is 2.18 bits per heavy atom. The minimum atomic E-state index is -0.310. The summed E-state index contributed by atoms with van der Waals surface area (Å²) in [6.07, 6.45) is 2.90. The summed E-state index contributed by atoms with van der Waals surface area (Å²) < 4.78 is 15.8. The fourth-order valence-corrected chi connectivity index (χ4v) is 2.54. The molecule has 5 nitrogen and oxygen atoms in total. The molecule has 2 atom stereocenters. The smallest absolute Gasteiger partial charge is 0.228 e. The van der Waals surface area contributed by atoms with Crippen LogP contribution in [0.15, 0.2) is 0 Å². The van der Waals surface area contributed by atoms with Crippen molar-refractivity contribution in [3.8, 4) is 0 Å². The van der Waals surface area contributed by atoms with Gasteiger partial charge in [-0.3, -0.25) is 4.79 Å². The summed E-state index contributed by atoms with van der Waals surface area (Å²) >= 11 is 0. The van der Waals surface area contributed by atoms with Crippen molar-refractivity contribution in [3.05, 3.63) is 0 Å². The summed E-state index contributed by atoms with van der Waals surface area (Å²) in [6, 6.07) is -0.0261. The van der Waals surface area contributed by atoms with Gasteiger partial charge in [-0.1, -0.05) is 6.42 Å². The highest BCUT2D eigenvalue weighted by Crippen LogP contribution is 2.41. The van der Waals surface area contributed by atoms with Gasteiger partial charge in [-0.05, 0) is 12.8 Å². The standard InChI is InChI=1S/C12H21NO4/c1-15-8-12(4-3-5-12)11(14)13-9-6-17-7-10(9)16-2/h9-10H,3-8H2,1-2H3,(H,13,14)/t9-,10-/m0/s1. The molecule has 0 radical (unpaired) electrons. The first kappa shape index (κ1) is 12.8. The molecule has 1 amide bonds. The molecule has 0 aromatic heterocycles. The Labute approximate surface area is 102 Å². The van der Waals surface area contributed by atoms with Crippen molar-refractivity contribution in [1.82, 2.24) is 5.32 Å². The number of rotatable bonds is 5. The van der Waals surface area contributed by atoms with Crippen molar-refractivity contribution in [3.63, 3.8) is 0 Å². The van der Waals surface area contributed by atoms with Gasteiger partial charge in [0.25, 0.3) is 0 Å². The minimum Gasteiger partial charge on any atom is -0.384 e. The topological polar surface area (TPSA) is 56.8 Å². The maximum Gasteiger partial charge on any atom is 0.228 e. The van der Waals surface area contributed by atoms with Crippen molar-refractivity contribution in [2.75, 3.05) is 34.0 Å². The maximum atomic E-state index is 12.3. The Hall–Kier alpha value is -0.650. The minimum absolute atomic E-state index is 0.0261. The largest absolute Gasteiger partial charge is 0.384 e. The summed E-state index contributed by atoms with van der Waals surface area (Å²) in [5.41, 5.74) is -0.310. The van der Waals surface area contributed by atoms with Gasteiger partial charge in [0.1, 0.15) is 6.10 Å². The fraction of sp³-hybridized carbons (Fsp3) is 0.917. The third-order valence-corrected chi connectivity index (χ3v) is 3.86. The molecule has 0 unspecified atom stereocenters. The van der Waals surface area contributed by atoms with E-state index in [1.165, 1.54) is 0 Å². The average Bonchev–Trinajstić information content (AvgIpc) is 2.70. The van der Waals surface area contributed by atoms with Crippen LogP contribution >= 0.6 is 0 Å². The van der Waals surface area contributed by atoms with Crippen LogP contribution in [0.5, 0.6) is 0 Å². The van der Waals surface area contributed by atoms with Gasteiger partial charge in [0, 0.05) is 14.2 Å². The zero-order valence-electron chi connectivity index (χ0n) is 10.5. The molecule has 1 saturated heterocycles. The van der Waals surface area contributed by atoms with E-state index in [0.29, 0.717) is 19.8 Å². The SMILES string of the molecule is COCC1(C(=O)N[C@H]2COC[C@@H]2OC)CCC1. The van der Waals surface area contributed by atoms with E-state index in [4.69, 9.17) is 14.2 Å². The molecule has 0 bridgehead atoms. The highest BCUT2D eigenvalue weighted by molar-refractivity contribution is 5.84. The lowest BCUT2D eigenvalue weighted by molar-refractivity contribution is -0.142. The number of hydrogen-bond acceptors (Lipinski definition) is 4. The monoisotopic (exact) mass is 243 g/mol. The zero-order valence-corrected chi connectivity index (χ0v) is 10.5. The van der Waals surface area contributed by atoms with Gasteiger partial charge in [-0.25, -0.2) is 0 Å². The molecule has 1 saturated carbocycles. The predicted molar refractivity (Wildman–Crippen MR) is 61.7 cm³/mol. The molecule has 1 aliphatic heterocycles. The lowest BCUT2D eigenvalue weighted by atomic mass is 9.68. The molecule has 1 N–H and O–H groups in total. The highest BCUT2D eigenvalue weighted by atomic mass is 16.5. The first-order valence-corrected chi connectivity index (χ1v) is 6.12. The lowest BCUT2D eigenvalue weighted by Gasteiger charge is -2.40. The number of nitrogens with one attached hydrogen (secondary N) is 1. The molecule has 5 heteroatoms. The van der Waals surface area contributed by atoms with Gasteiger partial charge in [0.15, 0.2) is 0 Å². The maximum absolute atomic E-state index is 12.3. The van der Waals surface area contributed by atoms with E-state index >= 15 is 0 Å². The first-order chi connectivity index (χ1) is 8.22. The van der Waals surface area contributed by atoms with E-state index in [1.807, 2.05) is 0 Å². The lowest BCUT2D eigenvalue weighted by Crippen LogP contribution is -2.54. The third-order valence-electron chi connectivity index (χ3n) is 3.86. The summed E-state index contributed by atoms with van der Waals surface area (Å²) in [7, 11) is 3.29. The predicted octanol–water partition coefficient (Wildman–Crippen LogP) is 0.333. The number of methoxy groups -OCH3 is 2. The quantitative estimate of drug-likeness (QED) is 0.756. The second kappa shape index (κ2) is 5.33. The first-order valence-electron chi connectivity index (χ1n) is 6.12. The van der Waals surface area contributed by atoms with E-state index in [2.05, 4.69) is 5.32 Å². The number of ether oxygens (including phenoxy) is 3. The van der Waals surface area contributed by atoms with Gasteiger partial charge < -0.3 is 19.5 Å². The molecule has 2 aliphatic rings. The highest BCUT2D eigenvalue weighted by Gasteiger charge is 2.45. The Kier molecular flexibility index (Phi) is 4.01. The molecule has 2 fully saturated rings. The molecule has 1 aliphatic carbocycles. The van der Waals surface area contributed by atoms with Crippen molar-refractivity contribution in [2.24, 2.45) is 5.41 Å². The van der Waals surface area contributed by atoms with Crippen molar-refractivity contribution < 1.29 is 19.0 Å². The van der Waals surface area contributed by atoms with E-state index in [0.717, 1.165) is 19.3 Å². The van der Waals surface area contributed by atoms with E-state index in [9.17, 15) is 4.79 Å². The van der Waals surface area contributed by atoms with Gasteiger partial charge in [-0.2, -0.15) is 0 Å². The molecule has 1 heterocycles. The third kappa shape index (κ3) is 2.46. The van der Waals surface area contributed by atoms with Gasteiger partial charge in [0.05, 0.1) is 31.3 Å². The van der Waals surface area contributed by atoms with Crippen LogP contribution in [0, 0.1) is 5.41 Å². The average molecular weight is 243 g/mol. The van der Waals surface area contributed by atoms with Gasteiger partial charge in [0.2, 0.25) is 5.91 Å². The molecule has 17 heavy (non-hydrogen) atoms. The van der Waals surface area contributed by atoms with Crippen LogP contribution in [-0.4, -0.2) is 52.1 Å². The Bertz CT molecular complexity index is 278. The van der Waals surface area contributed by atoms with Gasteiger partial charge in [-0.15, -0.1) is 0 Å². The summed E-state index contributed by atoms with van der Waals surface area (Å²) in [4.78, 5) is 12.3. The molecular weight excluding hydrogens is 222 g/mol. The molecule has 0 spiro atoms. The normalized spacial score (nSPS) is 30.9. The number of carbonyl (C=O) groups excluding carboxylic acids is 1.